The lowest BCUT2D eigenvalue weighted by molar-refractivity contribution is 0.310. The van der Waals surface area contributed by atoms with Gasteiger partial charge in [0, 0.05) is 7.05 Å². The van der Waals surface area contributed by atoms with Crippen molar-refractivity contribution in [3.8, 4) is 6.07 Å². The van der Waals surface area contributed by atoms with Gasteiger partial charge < -0.3 is 4.74 Å². The molecule has 0 heterocycles. The van der Waals surface area contributed by atoms with E-state index in [0.29, 0.717) is 12.5 Å². The molecule has 3 heteroatoms. The van der Waals surface area contributed by atoms with Gasteiger partial charge in [0.15, 0.2) is 5.90 Å². The average molecular weight is 140 g/mol. The van der Waals surface area contributed by atoms with Crippen molar-refractivity contribution in [2.24, 2.45) is 10.9 Å². The average Bonchev–Trinajstić information content (AvgIpc) is 1.99. The number of hydrogen-bond donors (Lipinski definition) is 0. The molecule has 0 rings (SSSR count). The van der Waals surface area contributed by atoms with Gasteiger partial charge in [0.1, 0.15) is 5.92 Å². The Morgan fingerprint density at radius 2 is 2.40 bits per heavy atom. The first-order valence-electron chi connectivity index (χ1n) is 3.25. The maximum Gasteiger partial charge on any atom is 0.200 e. The van der Waals surface area contributed by atoms with Crippen molar-refractivity contribution in [2.45, 2.75) is 13.8 Å². The number of nitriles is 1. The number of rotatable bonds is 2. The standard InChI is InChI=1S/C7H12N2O/c1-4-10-7(9-3)6(2)5-8/h6H,4H2,1-3H3. The summed E-state index contributed by atoms with van der Waals surface area (Å²) in [5.74, 6) is 0.287. The van der Waals surface area contributed by atoms with Gasteiger partial charge in [0.2, 0.25) is 0 Å². The molecule has 0 aromatic rings. The Balaban J connectivity index is 3.98. The Bertz CT molecular complexity index is 157. The van der Waals surface area contributed by atoms with E-state index in [1.165, 1.54) is 0 Å². The van der Waals surface area contributed by atoms with Gasteiger partial charge in [0.25, 0.3) is 0 Å². The van der Waals surface area contributed by atoms with E-state index in [1.807, 2.05) is 13.0 Å². The van der Waals surface area contributed by atoms with E-state index >= 15 is 0 Å². The van der Waals surface area contributed by atoms with Crippen molar-refractivity contribution in [3.63, 3.8) is 0 Å². The first-order chi connectivity index (χ1) is 4.76. The van der Waals surface area contributed by atoms with Gasteiger partial charge in [-0.05, 0) is 13.8 Å². The van der Waals surface area contributed by atoms with Gasteiger partial charge in [-0.2, -0.15) is 5.26 Å². The monoisotopic (exact) mass is 140 g/mol. The lowest BCUT2D eigenvalue weighted by atomic mass is 10.2. The topological polar surface area (TPSA) is 45.4 Å². The maximum atomic E-state index is 8.45. The van der Waals surface area contributed by atoms with Crippen LogP contribution in [-0.2, 0) is 4.74 Å². The third-order valence-electron chi connectivity index (χ3n) is 1.08. The van der Waals surface area contributed by atoms with E-state index in [2.05, 4.69) is 4.99 Å². The minimum Gasteiger partial charge on any atom is -0.480 e. The van der Waals surface area contributed by atoms with Crippen molar-refractivity contribution in [1.82, 2.24) is 0 Å². The molecule has 0 aromatic carbocycles. The number of ether oxygens (including phenoxy) is 1. The normalized spacial score (nSPS) is 14.0. The van der Waals surface area contributed by atoms with Gasteiger partial charge in [-0.3, -0.25) is 4.99 Å². The number of hydrogen-bond acceptors (Lipinski definition) is 3. The zero-order chi connectivity index (χ0) is 7.98. The highest BCUT2D eigenvalue weighted by molar-refractivity contribution is 5.80. The molecule has 0 saturated carbocycles. The molecule has 0 radical (unpaired) electrons. The Morgan fingerprint density at radius 1 is 1.80 bits per heavy atom. The van der Waals surface area contributed by atoms with Crippen LogP contribution in [0.5, 0.6) is 0 Å². The Labute approximate surface area is 61.3 Å². The molecule has 10 heavy (non-hydrogen) atoms. The quantitative estimate of drug-likeness (QED) is 0.427. The van der Waals surface area contributed by atoms with Gasteiger partial charge in [-0.15, -0.1) is 0 Å². The lowest BCUT2D eigenvalue weighted by Gasteiger charge is -2.06. The minimum atomic E-state index is -0.232. The fourth-order valence-electron chi connectivity index (χ4n) is 0.586. The van der Waals surface area contributed by atoms with E-state index in [9.17, 15) is 0 Å². The largest absolute Gasteiger partial charge is 0.480 e. The first-order valence-corrected chi connectivity index (χ1v) is 3.25. The van der Waals surface area contributed by atoms with Crippen LogP contribution in [0, 0.1) is 17.2 Å². The maximum absolute atomic E-state index is 8.45. The van der Waals surface area contributed by atoms with Crippen molar-refractivity contribution in [2.75, 3.05) is 13.7 Å². The summed E-state index contributed by atoms with van der Waals surface area (Å²) in [4.78, 5) is 3.82. The summed E-state index contributed by atoms with van der Waals surface area (Å²) in [5.41, 5.74) is 0. The summed E-state index contributed by atoms with van der Waals surface area (Å²) in [6, 6.07) is 2.04. The zero-order valence-corrected chi connectivity index (χ0v) is 6.59. The Morgan fingerprint density at radius 3 is 2.70 bits per heavy atom. The highest BCUT2D eigenvalue weighted by Gasteiger charge is 2.07. The van der Waals surface area contributed by atoms with Gasteiger partial charge in [-0.1, -0.05) is 0 Å². The van der Waals surface area contributed by atoms with Crippen LogP contribution in [0.15, 0.2) is 4.99 Å². The highest BCUT2D eigenvalue weighted by Crippen LogP contribution is 1.97. The summed E-state index contributed by atoms with van der Waals surface area (Å²) >= 11 is 0. The van der Waals surface area contributed by atoms with Crippen LogP contribution in [0.25, 0.3) is 0 Å². The van der Waals surface area contributed by atoms with Crippen LogP contribution in [0.1, 0.15) is 13.8 Å². The molecule has 0 fully saturated rings. The Kier molecular flexibility index (Phi) is 4.30. The molecule has 0 N–H and O–H groups in total. The molecule has 0 amide bonds. The molecule has 3 nitrogen and oxygen atoms in total. The molecule has 0 aliphatic heterocycles. The second kappa shape index (κ2) is 4.80. The van der Waals surface area contributed by atoms with Crippen LogP contribution in [0.4, 0.5) is 0 Å². The minimum absolute atomic E-state index is 0.232. The van der Waals surface area contributed by atoms with Crippen molar-refractivity contribution < 1.29 is 4.74 Å². The van der Waals surface area contributed by atoms with E-state index in [0.717, 1.165) is 0 Å². The fraction of sp³-hybridized carbons (Fsp3) is 0.714. The molecule has 56 valence electrons. The van der Waals surface area contributed by atoms with Crippen molar-refractivity contribution in [3.05, 3.63) is 0 Å². The third-order valence-corrected chi connectivity index (χ3v) is 1.08. The van der Waals surface area contributed by atoms with Gasteiger partial charge in [0.05, 0.1) is 12.7 Å². The predicted molar refractivity (Wildman–Crippen MR) is 39.8 cm³/mol. The smallest absolute Gasteiger partial charge is 0.200 e. The van der Waals surface area contributed by atoms with Crippen molar-refractivity contribution >= 4 is 5.90 Å². The first kappa shape index (κ1) is 8.96. The molecule has 1 atom stereocenters. The van der Waals surface area contributed by atoms with Crippen LogP contribution < -0.4 is 0 Å². The van der Waals surface area contributed by atoms with E-state index < -0.39 is 0 Å². The summed E-state index contributed by atoms with van der Waals surface area (Å²) in [5, 5.41) is 8.45. The van der Waals surface area contributed by atoms with Crippen LogP contribution >= 0.6 is 0 Å². The SMILES string of the molecule is CCOC(=NC)C(C)C#N. The van der Waals surface area contributed by atoms with Gasteiger partial charge >= 0.3 is 0 Å². The number of nitrogens with zero attached hydrogens (tertiary/aromatic N) is 2. The zero-order valence-electron chi connectivity index (χ0n) is 6.59. The van der Waals surface area contributed by atoms with E-state index in [4.69, 9.17) is 10.00 Å². The van der Waals surface area contributed by atoms with Crippen molar-refractivity contribution in [1.29, 1.82) is 5.26 Å². The van der Waals surface area contributed by atoms with Crippen LogP contribution in [-0.4, -0.2) is 19.6 Å². The predicted octanol–water partition coefficient (Wildman–Crippen LogP) is 1.21. The Hall–Kier alpha value is -1.04. The molecule has 0 spiro atoms. The second-order valence-electron chi connectivity index (χ2n) is 1.85. The second-order valence-corrected chi connectivity index (χ2v) is 1.85. The third kappa shape index (κ3) is 2.49. The highest BCUT2D eigenvalue weighted by atomic mass is 16.5. The summed E-state index contributed by atoms with van der Waals surface area (Å²) in [6.45, 7) is 4.20. The van der Waals surface area contributed by atoms with Gasteiger partial charge in [-0.25, -0.2) is 0 Å². The molecule has 0 aliphatic rings. The summed E-state index contributed by atoms with van der Waals surface area (Å²) in [7, 11) is 1.62. The summed E-state index contributed by atoms with van der Waals surface area (Å²) < 4.78 is 5.07. The summed E-state index contributed by atoms with van der Waals surface area (Å²) in [6.07, 6.45) is 0. The molecular weight excluding hydrogens is 128 g/mol. The molecule has 0 saturated heterocycles. The van der Waals surface area contributed by atoms with E-state index in [-0.39, 0.29) is 5.92 Å². The molecule has 1 unspecified atom stereocenters. The molecule has 0 bridgehead atoms. The van der Waals surface area contributed by atoms with Crippen LogP contribution in [0.2, 0.25) is 0 Å². The fourth-order valence-corrected chi connectivity index (χ4v) is 0.586. The molecule has 0 aromatic heterocycles. The lowest BCUT2D eigenvalue weighted by Crippen LogP contribution is -2.13. The molecular formula is C7H12N2O. The van der Waals surface area contributed by atoms with E-state index in [1.54, 1.807) is 14.0 Å². The van der Waals surface area contributed by atoms with Crippen LogP contribution in [0.3, 0.4) is 0 Å². The molecule has 0 aliphatic carbocycles. The number of aliphatic imine (C=N–C) groups is 1.